The molecule has 2 nitrogen and oxygen atoms in total. The zero-order chi connectivity index (χ0) is 12.9. The summed E-state index contributed by atoms with van der Waals surface area (Å²) in [5.41, 5.74) is 0.967. The van der Waals surface area contributed by atoms with Gasteiger partial charge in [-0.3, -0.25) is 4.79 Å². The minimum atomic E-state index is -4.30. The molecule has 1 heterocycles. The molecule has 2 atom stereocenters. The molecule has 1 N–H and O–H groups in total. The van der Waals surface area contributed by atoms with Crippen molar-refractivity contribution >= 4 is 5.91 Å². The van der Waals surface area contributed by atoms with E-state index in [4.69, 9.17) is 0 Å². The summed E-state index contributed by atoms with van der Waals surface area (Å²) >= 11 is 0. The maximum Gasteiger partial charge on any atom is 0.416 e. The molecule has 1 aliphatic carbocycles. The van der Waals surface area contributed by atoms with Crippen LogP contribution >= 0.6 is 0 Å². The predicted octanol–water partition coefficient (Wildman–Crippen LogP) is 2.83. The lowest BCUT2D eigenvalue weighted by atomic mass is 9.91. The molecule has 1 aromatic rings. The Balaban J connectivity index is 1.97. The van der Waals surface area contributed by atoms with Crippen LogP contribution in [0.5, 0.6) is 0 Å². The molecular formula is C13H12F3NO. The molecule has 0 bridgehead atoms. The van der Waals surface area contributed by atoms with Gasteiger partial charge < -0.3 is 5.32 Å². The summed E-state index contributed by atoms with van der Waals surface area (Å²) in [7, 11) is 0. The minimum Gasteiger partial charge on any atom is -0.349 e. The van der Waals surface area contributed by atoms with Crippen LogP contribution in [0.3, 0.4) is 0 Å². The van der Waals surface area contributed by atoms with E-state index in [0.29, 0.717) is 12.8 Å². The first-order chi connectivity index (χ1) is 8.45. The van der Waals surface area contributed by atoms with E-state index in [1.807, 2.05) is 0 Å². The van der Waals surface area contributed by atoms with Crippen LogP contribution in [0.1, 0.15) is 35.6 Å². The van der Waals surface area contributed by atoms with Crippen LogP contribution < -0.4 is 5.32 Å². The quantitative estimate of drug-likeness (QED) is 0.758. The zero-order valence-electron chi connectivity index (χ0n) is 9.55. The van der Waals surface area contributed by atoms with Crippen molar-refractivity contribution in [3.05, 3.63) is 34.9 Å². The summed E-state index contributed by atoms with van der Waals surface area (Å²) in [4.78, 5) is 11.4. The van der Waals surface area contributed by atoms with Crippen LogP contribution in [0.2, 0.25) is 0 Å². The summed E-state index contributed by atoms with van der Waals surface area (Å²) < 4.78 is 37.9. The highest BCUT2D eigenvalue weighted by Gasteiger charge is 2.38. The zero-order valence-corrected chi connectivity index (χ0v) is 9.55. The molecule has 2 unspecified atom stereocenters. The van der Waals surface area contributed by atoms with E-state index in [-0.39, 0.29) is 17.9 Å². The first-order valence-electron chi connectivity index (χ1n) is 5.94. The Morgan fingerprint density at radius 3 is 2.78 bits per heavy atom. The van der Waals surface area contributed by atoms with E-state index >= 15 is 0 Å². The Morgan fingerprint density at radius 1 is 1.28 bits per heavy atom. The number of rotatable bonds is 0. The number of halogens is 3. The predicted molar refractivity (Wildman–Crippen MR) is 58.8 cm³/mol. The Hall–Kier alpha value is -1.52. The van der Waals surface area contributed by atoms with Gasteiger partial charge in [-0.1, -0.05) is 6.07 Å². The van der Waals surface area contributed by atoms with Gasteiger partial charge in [-0.25, -0.2) is 0 Å². The Morgan fingerprint density at radius 2 is 2.06 bits per heavy atom. The fraction of sp³-hybridized carbons (Fsp3) is 0.462. The normalized spacial score (nSPS) is 26.5. The second-order valence-corrected chi connectivity index (χ2v) is 4.96. The molecule has 1 amide bonds. The van der Waals surface area contributed by atoms with Gasteiger partial charge in [0, 0.05) is 6.42 Å². The molecule has 5 heteroatoms. The largest absolute Gasteiger partial charge is 0.416 e. The Labute approximate surface area is 102 Å². The summed E-state index contributed by atoms with van der Waals surface area (Å²) in [6, 6.07) is 3.74. The molecule has 1 fully saturated rings. The smallest absolute Gasteiger partial charge is 0.349 e. The average Bonchev–Trinajstić information content (AvgIpc) is 2.65. The van der Waals surface area contributed by atoms with Crippen LogP contribution in [0.25, 0.3) is 0 Å². The van der Waals surface area contributed by atoms with Crippen molar-refractivity contribution in [3.63, 3.8) is 0 Å². The number of hydrogen-bond donors (Lipinski definition) is 1. The molecule has 0 aromatic heterocycles. The first-order valence-corrected chi connectivity index (χ1v) is 5.94. The van der Waals surface area contributed by atoms with E-state index in [2.05, 4.69) is 5.32 Å². The molecule has 96 valence electrons. The lowest BCUT2D eigenvalue weighted by Crippen LogP contribution is -2.36. The third-order valence-electron chi connectivity index (χ3n) is 3.82. The lowest BCUT2D eigenvalue weighted by molar-refractivity contribution is -0.137. The number of amides is 1. The summed E-state index contributed by atoms with van der Waals surface area (Å²) in [5, 5.41) is 2.87. The molecule has 1 aromatic carbocycles. The van der Waals surface area contributed by atoms with E-state index in [9.17, 15) is 18.0 Å². The molecule has 3 rings (SSSR count). The SMILES string of the molecule is O=C1CCC2Cc3cc(C(F)(F)F)ccc3C2N1. The van der Waals surface area contributed by atoms with Gasteiger partial charge in [-0.15, -0.1) is 0 Å². The van der Waals surface area contributed by atoms with Crippen molar-refractivity contribution in [2.45, 2.75) is 31.5 Å². The number of piperidine rings is 1. The topological polar surface area (TPSA) is 29.1 Å². The molecule has 18 heavy (non-hydrogen) atoms. The van der Waals surface area contributed by atoms with Gasteiger partial charge in [-0.2, -0.15) is 13.2 Å². The summed E-state index contributed by atoms with van der Waals surface area (Å²) in [6.45, 7) is 0. The highest BCUT2D eigenvalue weighted by atomic mass is 19.4. The maximum atomic E-state index is 12.6. The number of carbonyl (C=O) groups excluding carboxylic acids is 1. The minimum absolute atomic E-state index is 0.0102. The van der Waals surface area contributed by atoms with Crippen molar-refractivity contribution in [2.24, 2.45) is 5.92 Å². The van der Waals surface area contributed by atoms with Crippen molar-refractivity contribution in [1.82, 2.24) is 5.32 Å². The van der Waals surface area contributed by atoms with E-state index in [1.165, 1.54) is 12.1 Å². The number of nitrogens with one attached hydrogen (secondary N) is 1. The van der Waals surface area contributed by atoms with E-state index in [0.717, 1.165) is 23.6 Å². The number of alkyl halides is 3. The monoisotopic (exact) mass is 255 g/mol. The molecular weight excluding hydrogens is 243 g/mol. The third kappa shape index (κ3) is 1.78. The van der Waals surface area contributed by atoms with Crippen LogP contribution in [0.4, 0.5) is 13.2 Å². The van der Waals surface area contributed by atoms with Gasteiger partial charge in [0.15, 0.2) is 0 Å². The van der Waals surface area contributed by atoms with Crippen molar-refractivity contribution in [2.75, 3.05) is 0 Å². The average molecular weight is 255 g/mol. The fourth-order valence-electron chi connectivity index (χ4n) is 2.94. The molecule has 0 spiro atoms. The van der Waals surface area contributed by atoms with Gasteiger partial charge in [0.2, 0.25) is 5.91 Å². The fourth-order valence-corrected chi connectivity index (χ4v) is 2.94. The first kappa shape index (κ1) is 11.6. The van der Waals surface area contributed by atoms with Gasteiger partial charge in [0.25, 0.3) is 0 Å². The van der Waals surface area contributed by atoms with E-state index in [1.54, 1.807) is 0 Å². The highest BCUT2D eigenvalue weighted by molar-refractivity contribution is 5.77. The number of hydrogen-bond acceptors (Lipinski definition) is 1. The molecule has 1 saturated heterocycles. The number of fused-ring (bicyclic) bond motifs is 3. The third-order valence-corrected chi connectivity index (χ3v) is 3.82. The van der Waals surface area contributed by atoms with Crippen molar-refractivity contribution in [1.29, 1.82) is 0 Å². The molecule has 0 radical (unpaired) electrons. The van der Waals surface area contributed by atoms with Gasteiger partial charge in [0.1, 0.15) is 0 Å². The summed E-state index contributed by atoms with van der Waals surface area (Å²) in [5.74, 6) is 0.241. The second-order valence-electron chi connectivity index (χ2n) is 4.96. The summed E-state index contributed by atoms with van der Waals surface area (Å²) in [6.07, 6.45) is -2.44. The number of benzene rings is 1. The van der Waals surface area contributed by atoms with Crippen LogP contribution in [0, 0.1) is 5.92 Å². The standard InChI is InChI=1S/C13H12F3NO/c14-13(15,16)9-2-3-10-8(6-9)5-7-1-4-11(18)17-12(7)10/h2-3,6-7,12H,1,4-5H2,(H,17,18). The molecule has 2 aliphatic rings. The van der Waals surface area contributed by atoms with Gasteiger partial charge in [0.05, 0.1) is 11.6 Å². The lowest BCUT2D eigenvalue weighted by Gasteiger charge is -2.26. The van der Waals surface area contributed by atoms with Crippen LogP contribution in [-0.4, -0.2) is 5.91 Å². The van der Waals surface area contributed by atoms with Crippen molar-refractivity contribution < 1.29 is 18.0 Å². The molecule has 0 saturated carbocycles. The Bertz CT molecular complexity index is 509. The van der Waals surface area contributed by atoms with Crippen LogP contribution in [0.15, 0.2) is 18.2 Å². The van der Waals surface area contributed by atoms with Crippen LogP contribution in [-0.2, 0) is 17.4 Å². The molecule has 1 aliphatic heterocycles. The maximum absolute atomic E-state index is 12.6. The van der Waals surface area contributed by atoms with Crippen molar-refractivity contribution in [3.8, 4) is 0 Å². The second kappa shape index (κ2) is 3.73. The highest BCUT2D eigenvalue weighted by Crippen LogP contribution is 2.42. The van der Waals surface area contributed by atoms with Gasteiger partial charge >= 0.3 is 6.18 Å². The Kier molecular flexibility index (Phi) is 2.40. The number of carbonyl (C=O) groups is 1. The van der Waals surface area contributed by atoms with E-state index < -0.39 is 11.7 Å². The van der Waals surface area contributed by atoms with Gasteiger partial charge in [-0.05, 0) is 42.0 Å².